The number of carbonyl (C=O) groups excluding carboxylic acids is 1. The Morgan fingerprint density at radius 2 is 2.04 bits per heavy atom. The molecular formula is C15H15N3O3S2. The second-order valence-electron chi connectivity index (χ2n) is 4.95. The third-order valence-electron chi connectivity index (χ3n) is 3.32. The average molecular weight is 349 g/mol. The normalized spacial score (nSPS) is 16.8. The van der Waals surface area contributed by atoms with Crippen LogP contribution in [0.4, 0.5) is 0 Å². The van der Waals surface area contributed by atoms with Crippen LogP contribution in [0.15, 0.2) is 51.7 Å². The number of sulfonamides is 1. The van der Waals surface area contributed by atoms with Gasteiger partial charge >= 0.3 is 0 Å². The van der Waals surface area contributed by atoms with E-state index in [4.69, 9.17) is 0 Å². The predicted molar refractivity (Wildman–Crippen MR) is 89.2 cm³/mol. The van der Waals surface area contributed by atoms with Crippen molar-refractivity contribution in [2.45, 2.75) is 11.3 Å². The van der Waals surface area contributed by atoms with Crippen molar-refractivity contribution in [3.05, 3.63) is 52.2 Å². The fraction of sp³-hybridized carbons (Fsp3) is 0.200. The lowest BCUT2D eigenvalue weighted by Gasteiger charge is -2.03. The van der Waals surface area contributed by atoms with Crippen molar-refractivity contribution in [2.24, 2.45) is 4.99 Å². The highest BCUT2D eigenvalue weighted by molar-refractivity contribution is 7.90. The number of nitrogens with zero attached hydrogens (tertiary/aromatic N) is 1. The van der Waals surface area contributed by atoms with E-state index in [0.29, 0.717) is 12.1 Å². The Balaban J connectivity index is 1.59. The maximum Gasteiger partial charge on any atom is 0.263 e. The highest BCUT2D eigenvalue weighted by atomic mass is 32.2. The van der Waals surface area contributed by atoms with Crippen LogP contribution in [0.3, 0.4) is 0 Å². The number of amides is 1. The van der Waals surface area contributed by atoms with Gasteiger partial charge in [-0.2, -0.15) is 0 Å². The zero-order chi connectivity index (χ0) is 16.3. The van der Waals surface area contributed by atoms with Gasteiger partial charge in [-0.05, 0) is 30.0 Å². The van der Waals surface area contributed by atoms with Gasteiger partial charge in [-0.1, -0.05) is 18.2 Å². The SMILES string of the molecule is O=C(CN=C1NS(=O)(=O)c2ccccc21)NCCc1cccs1. The molecule has 23 heavy (non-hydrogen) atoms. The summed E-state index contributed by atoms with van der Waals surface area (Å²) in [5.74, 6) is -0.0216. The number of hydrogen-bond acceptors (Lipinski definition) is 5. The number of hydrogen-bond donors (Lipinski definition) is 2. The number of aliphatic imine (C=N–C) groups is 1. The molecule has 0 fully saturated rings. The Morgan fingerprint density at radius 1 is 1.22 bits per heavy atom. The van der Waals surface area contributed by atoms with Gasteiger partial charge in [-0.15, -0.1) is 11.3 Å². The minimum Gasteiger partial charge on any atom is -0.354 e. The Bertz CT molecular complexity index is 843. The molecule has 1 aromatic carbocycles. The summed E-state index contributed by atoms with van der Waals surface area (Å²) in [6.45, 7) is 0.420. The topological polar surface area (TPSA) is 87.6 Å². The Hall–Kier alpha value is -2.19. The maximum atomic E-state index is 11.9. The molecule has 0 saturated carbocycles. The molecule has 1 aromatic heterocycles. The quantitative estimate of drug-likeness (QED) is 0.849. The second kappa shape index (κ2) is 6.51. The van der Waals surface area contributed by atoms with E-state index in [0.717, 1.165) is 6.42 Å². The first kappa shape index (κ1) is 15.7. The summed E-state index contributed by atoms with van der Waals surface area (Å²) in [6.07, 6.45) is 0.773. The van der Waals surface area contributed by atoms with E-state index in [1.165, 1.54) is 10.9 Å². The Labute approximate surface area is 138 Å². The van der Waals surface area contributed by atoms with Gasteiger partial charge < -0.3 is 5.32 Å². The summed E-state index contributed by atoms with van der Waals surface area (Å²) in [4.78, 5) is 17.3. The van der Waals surface area contributed by atoms with Crippen molar-refractivity contribution in [1.82, 2.24) is 10.0 Å². The minimum atomic E-state index is -3.56. The molecule has 3 rings (SSSR count). The third-order valence-corrected chi connectivity index (χ3v) is 5.65. The first-order valence-electron chi connectivity index (χ1n) is 7.02. The van der Waals surface area contributed by atoms with Crippen LogP contribution in [-0.4, -0.2) is 33.3 Å². The molecule has 0 bridgehead atoms. The Kier molecular flexibility index (Phi) is 4.44. The fourth-order valence-electron chi connectivity index (χ4n) is 2.24. The van der Waals surface area contributed by atoms with E-state index in [9.17, 15) is 13.2 Å². The van der Waals surface area contributed by atoms with Crippen molar-refractivity contribution >= 4 is 33.1 Å². The van der Waals surface area contributed by atoms with E-state index in [2.05, 4.69) is 15.0 Å². The molecule has 2 N–H and O–H groups in total. The van der Waals surface area contributed by atoms with E-state index in [-0.39, 0.29) is 23.2 Å². The van der Waals surface area contributed by atoms with Crippen LogP contribution in [-0.2, 0) is 21.2 Å². The lowest BCUT2D eigenvalue weighted by atomic mass is 10.2. The fourth-order valence-corrected chi connectivity index (χ4v) is 4.20. The number of nitrogens with one attached hydrogen (secondary N) is 2. The van der Waals surface area contributed by atoms with Gasteiger partial charge in [-0.25, -0.2) is 8.42 Å². The van der Waals surface area contributed by atoms with Crippen LogP contribution in [0, 0.1) is 0 Å². The summed E-state index contributed by atoms with van der Waals surface area (Å²) in [7, 11) is -3.56. The minimum absolute atomic E-state index is 0.114. The molecule has 0 atom stereocenters. The first-order valence-corrected chi connectivity index (χ1v) is 9.38. The number of benzene rings is 1. The summed E-state index contributed by atoms with van der Waals surface area (Å²) >= 11 is 1.64. The number of carbonyl (C=O) groups is 1. The molecule has 120 valence electrons. The van der Waals surface area contributed by atoms with Crippen LogP contribution in [0.5, 0.6) is 0 Å². The number of rotatable bonds is 5. The van der Waals surface area contributed by atoms with Gasteiger partial charge in [0.2, 0.25) is 5.91 Å². The molecule has 1 aliphatic rings. The molecule has 1 aliphatic heterocycles. The van der Waals surface area contributed by atoms with Crippen LogP contribution in [0.2, 0.25) is 0 Å². The van der Waals surface area contributed by atoms with Crippen LogP contribution in [0.25, 0.3) is 0 Å². The molecule has 2 heterocycles. The zero-order valence-electron chi connectivity index (χ0n) is 12.2. The summed E-state index contributed by atoms with van der Waals surface area (Å²) in [5, 5.41) is 4.77. The van der Waals surface area contributed by atoms with E-state index in [1.54, 1.807) is 29.5 Å². The summed E-state index contributed by atoms with van der Waals surface area (Å²) in [5.41, 5.74) is 0.499. The Morgan fingerprint density at radius 3 is 2.83 bits per heavy atom. The van der Waals surface area contributed by atoms with Gasteiger partial charge in [0.1, 0.15) is 12.4 Å². The average Bonchev–Trinajstić information content (AvgIpc) is 3.12. The third kappa shape index (κ3) is 3.59. The largest absolute Gasteiger partial charge is 0.354 e. The molecular weight excluding hydrogens is 334 g/mol. The monoisotopic (exact) mass is 349 g/mol. The van der Waals surface area contributed by atoms with Crippen molar-refractivity contribution in [3.8, 4) is 0 Å². The molecule has 0 saturated heterocycles. The van der Waals surface area contributed by atoms with E-state index in [1.807, 2.05) is 17.5 Å². The van der Waals surface area contributed by atoms with E-state index >= 15 is 0 Å². The molecule has 0 unspecified atom stereocenters. The van der Waals surface area contributed by atoms with Gasteiger partial charge in [-0.3, -0.25) is 14.5 Å². The maximum absolute atomic E-state index is 11.9. The highest BCUT2D eigenvalue weighted by Crippen LogP contribution is 2.21. The van der Waals surface area contributed by atoms with E-state index < -0.39 is 10.0 Å². The number of thiophene rings is 1. The summed E-state index contributed by atoms with van der Waals surface area (Å²) in [6, 6.07) is 10.6. The molecule has 0 radical (unpaired) electrons. The standard InChI is InChI=1S/C15H15N3O3S2/c19-14(16-8-7-11-4-3-9-22-11)10-17-15-12-5-1-2-6-13(12)23(20,21)18-15/h1-6,9H,7-8,10H2,(H,16,19)(H,17,18). The lowest BCUT2D eigenvalue weighted by molar-refractivity contribution is -0.119. The first-order chi connectivity index (χ1) is 11.1. The highest BCUT2D eigenvalue weighted by Gasteiger charge is 2.30. The van der Waals surface area contributed by atoms with Crippen molar-refractivity contribution < 1.29 is 13.2 Å². The second-order valence-corrected chi connectivity index (χ2v) is 7.63. The van der Waals surface area contributed by atoms with Crippen molar-refractivity contribution in [3.63, 3.8) is 0 Å². The molecule has 0 aliphatic carbocycles. The molecule has 6 nitrogen and oxygen atoms in total. The number of amidine groups is 1. The predicted octanol–water partition coefficient (Wildman–Crippen LogP) is 1.15. The molecule has 2 aromatic rings. The number of fused-ring (bicyclic) bond motifs is 1. The van der Waals surface area contributed by atoms with Crippen molar-refractivity contribution in [1.29, 1.82) is 0 Å². The molecule has 0 spiro atoms. The van der Waals surface area contributed by atoms with Gasteiger partial charge in [0.05, 0.1) is 4.90 Å². The van der Waals surface area contributed by atoms with Gasteiger partial charge in [0.15, 0.2) is 0 Å². The molecule has 1 amide bonds. The zero-order valence-corrected chi connectivity index (χ0v) is 13.8. The van der Waals surface area contributed by atoms with Crippen molar-refractivity contribution in [2.75, 3.05) is 13.1 Å². The van der Waals surface area contributed by atoms with Crippen LogP contribution >= 0.6 is 11.3 Å². The van der Waals surface area contributed by atoms with Gasteiger partial charge in [0, 0.05) is 17.0 Å². The lowest BCUT2D eigenvalue weighted by Crippen LogP contribution is -2.29. The smallest absolute Gasteiger partial charge is 0.263 e. The van der Waals surface area contributed by atoms with Gasteiger partial charge in [0.25, 0.3) is 10.0 Å². The summed E-state index contributed by atoms with van der Waals surface area (Å²) < 4.78 is 26.2. The molecule has 8 heteroatoms. The van der Waals surface area contributed by atoms with Crippen LogP contribution in [0.1, 0.15) is 10.4 Å². The van der Waals surface area contributed by atoms with Crippen LogP contribution < -0.4 is 10.0 Å².